The molecule has 6 aromatic rings. The molecule has 1 aliphatic rings. The Balaban J connectivity index is 0.801. The van der Waals surface area contributed by atoms with Crippen molar-refractivity contribution in [2.75, 3.05) is 30.7 Å². The van der Waals surface area contributed by atoms with Gasteiger partial charge in [0.25, 0.3) is 5.91 Å². The van der Waals surface area contributed by atoms with Gasteiger partial charge in [0.2, 0.25) is 0 Å². The van der Waals surface area contributed by atoms with Gasteiger partial charge in [0.15, 0.2) is 0 Å². The van der Waals surface area contributed by atoms with E-state index in [0.29, 0.717) is 30.1 Å². The van der Waals surface area contributed by atoms with Crippen LogP contribution < -0.4 is 26.4 Å². The summed E-state index contributed by atoms with van der Waals surface area (Å²) in [5.74, 6) is 0.548. The third-order valence-corrected chi connectivity index (χ3v) is 9.53. The lowest BCUT2D eigenvalue weighted by Crippen LogP contribution is -2.27. The zero-order valence-electron chi connectivity index (χ0n) is 29.7. The van der Waals surface area contributed by atoms with Crippen molar-refractivity contribution in [1.82, 2.24) is 15.6 Å². The molecule has 2 amide bonds. The Labute approximate surface area is 309 Å². The monoisotopic (exact) mass is 705 g/mol. The summed E-state index contributed by atoms with van der Waals surface area (Å²) in [5, 5.41) is 10.1. The van der Waals surface area contributed by atoms with Crippen LogP contribution >= 0.6 is 0 Å². The molecule has 0 fully saturated rings. The molecule has 53 heavy (non-hydrogen) atoms. The molecule has 0 atom stereocenters. The minimum absolute atomic E-state index is 0.0549. The van der Waals surface area contributed by atoms with E-state index in [4.69, 9.17) is 15.2 Å². The predicted octanol–water partition coefficient (Wildman–Crippen LogP) is 8.37. The SMILES string of the molecule is Cc1cc(N)c2cc(NC(=O)c3ccccc3COc3ccc(CNCCCCNC(=O)OCC4c5ccccc5-c5ccccc54)cc3)ccc2n1. The van der Waals surface area contributed by atoms with Crippen molar-refractivity contribution in [1.29, 1.82) is 0 Å². The molecule has 0 saturated heterocycles. The van der Waals surface area contributed by atoms with E-state index >= 15 is 0 Å². The fourth-order valence-corrected chi connectivity index (χ4v) is 6.85. The number of carbonyl (C=O) groups is 2. The van der Waals surface area contributed by atoms with Crippen LogP contribution in [0.4, 0.5) is 16.2 Å². The number of rotatable bonds is 14. The van der Waals surface area contributed by atoms with E-state index in [2.05, 4.69) is 45.2 Å². The van der Waals surface area contributed by atoms with E-state index in [0.717, 1.165) is 59.4 Å². The first-order valence-electron chi connectivity index (χ1n) is 18.0. The molecule has 5 N–H and O–H groups in total. The van der Waals surface area contributed by atoms with Crippen LogP contribution in [-0.2, 0) is 17.9 Å². The average molecular weight is 706 g/mol. The van der Waals surface area contributed by atoms with Crippen LogP contribution in [0.3, 0.4) is 0 Å². The number of fused-ring (bicyclic) bond motifs is 4. The summed E-state index contributed by atoms with van der Waals surface area (Å²) in [4.78, 5) is 30.2. The summed E-state index contributed by atoms with van der Waals surface area (Å²) in [6.45, 7) is 4.58. The molecule has 0 aliphatic heterocycles. The number of hydrogen-bond acceptors (Lipinski definition) is 7. The van der Waals surface area contributed by atoms with Gasteiger partial charge in [0.1, 0.15) is 19.0 Å². The van der Waals surface area contributed by atoms with Crippen LogP contribution in [0.15, 0.2) is 121 Å². The lowest BCUT2D eigenvalue weighted by Gasteiger charge is -2.14. The Morgan fingerprint density at radius 1 is 0.792 bits per heavy atom. The molecule has 1 aromatic heterocycles. The van der Waals surface area contributed by atoms with E-state index in [1.165, 1.54) is 22.3 Å². The topological polar surface area (TPSA) is 128 Å². The standard InChI is InChI=1S/C44H43N5O4/c1-29-24-41(45)39-25-32(18-21-42(39)48-29)49-43(50)34-11-3-2-10-31(34)27-52-33-19-16-30(17-20-33)26-46-22-8-9-23-47-44(51)53-28-40-37-14-6-4-12-35(37)36-13-5-7-15-38(36)40/h2-7,10-21,24-25,40,46H,8-9,22-23,26-28H2,1H3,(H2,45,48)(H,47,51)(H,49,50). The highest BCUT2D eigenvalue weighted by Crippen LogP contribution is 2.44. The number of anilines is 2. The van der Waals surface area contributed by atoms with Crippen LogP contribution in [0, 0.1) is 6.92 Å². The maximum Gasteiger partial charge on any atom is 0.407 e. The smallest absolute Gasteiger partial charge is 0.407 e. The maximum absolute atomic E-state index is 13.3. The maximum atomic E-state index is 13.3. The van der Waals surface area contributed by atoms with Crippen molar-refractivity contribution in [2.45, 2.75) is 38.8 Å². The van der Waals surface area contributed by atoms with Gasteiger partial charge in [-0.3, -0.25) is 9.78 Å². The molecule has 0 saturated carbocycles. The number of aryl methyl sites for hydroxylation is 1. The first-order valence-corrected chi connectivity index (χ1v) is 18.0. The molecule has 0 radical (unpaired) electrons. The largest absolute Gasteiger partial charge is 0.489 e. The minimum atomic E-state index is -0.381. The van der Waals surface area contributed by atoms with E-state index in [-0.39, 0.29) is 24.5 Å². The molecule has 7 rings (SSSR count). The molecule has 1 aliphatic carbocycles. The van der Waals surface area contributed by atoms with Crippen molar-refractivity contribution < 1.29 is 19.1 Å². The van der Waals surface area contributed by atoms with Crippen molar-refractivity contribution in [3.63, 3.8) is 0 Å². The Morgan fingerprint density at radius 2 is 1.49 bits per heavy atom. The van der Waals surface area contributed by atoms with Gasteiger partial charge in [0.05, 0.1) is 5.52 Å². The molecule has 9 heteroatoms. The van der Waals surface area contributed by atoms with Crippen LogP contribution in [0.1, 0.15) is 57.1 Å². The number of nitrogen functional groups attached to an aromatic ring is 1. The number of alkyl carbamates (subject to hydrolysis) is 1. The highest BCUT2D eigenvalue weighted by Gasteiger charge is 2.29. The summed E-state index contributed by atoms with van der Waals surface area (Å²) in [6.07, 6.45) is 1.38. The zero-order chi connectivity index (χ0) is 36.6. The third-order valence-electron chi connectivity index (χ3n) is 9.53. The molecule has 0 unspecified atom stereocenters. The number of hydrogen-bond donors (Lipinski definition) is 4. The number of nitrogens with one attached hydrogen (secondary N) is 3. The van der Waals surface area contributed by atoms with Gasteiger partial charge < -0.3 is 31.2 Å². The number of unbranched alkanes of at least 4 members (excludes halogenated alkanes) is 1. The average Bonchev–Trinajstić information content (AvgIpc) is 3.50. The van der Waals surface area contributed by atoms with Gasteiger partial charge >= 0.3 is 6.09 Å². The molecule has 5 aromatic carbocycles. The Hall–Kier alpha value is -6.19. The van der Waals surface area contributed by atoms with Crippen LogP contribution in [0.5, 0.6) is 5.75 Å². The summed E-state index contributed by atoms with van der Waals surface area (Å²) in [6, 6.07) is 39.4. The van der Waals surface area contributed by atoms with E-state index in [1.54, 1.807) is 6.07 Å². The molecular weight excluding hydrogens is 663 g/mol. The number of aromatic nitrogens is 1. The first-order chi connectivity index (χ1) is 25.9. The fraction of sp³-hybridized carbons (Fsp3) is 0.205. The number of ether oxygens (including phenoxy) is 2. The Kier molecular flexibility index (Phi) is 10.9. The summed E-state index contributed by atoms with van der Waals surface area (Å²) < 4.78 is 11.7. The van der Waals surface area contributed by atoms with Crippen molar-refractivity contribution in [3.8, 4) is 16.9 Å². The lowest BCUT2D eigenvalue weighted by atomic mass is 9.98. The molecule has 1 heterocycles. The molecule has 9 nitrogen and oxygen atoms in total. The van der Waals surface area contributed by atoms with Crippen LogP contribution in [-0.4, -0.2) is 36.7 Å². The van der Waals surface area contributed by atoms with Crippen molar-refractivity contribution in [3.05, 3.63) is 155 Å². The molecule has 0 bridgehead atoms. The van der Waals surface area contributed by atoms with Gasteiger partial charge in [-0.2, -0.15) is 0 Å². The minimum Gasteiger partial charge on any atom is -0.489 e. The Bertz CT molecular complexity index is 2190. The molecule has 268 valence electrons. The number of nitrogens with zero attached hydrogens (tertiary/aromatic N) is 1. The number of benzene rings is 5. The van der Waals surface area contributed by atoms with E-state index < -0.39 is 0 Å². The molecular formula is C44H43N5O4. The van der Waals surface area contributed by atoms with Crippen LogP contribution in [0.2, 0.25) is 0 Å². The van der Waals surface area contributed by atoms with Crippen molar-refractivity contribution >= 4 is 34.3 Å². The van der Waals surface area contributed by atoms with Crippen LogP contribution in [0.25, 0.3) is 22.0 Å². The normalized spacial score (nSPS) is 11.9. The van der Waals surface area contributed by atoms with Gasteiger partial charge in [-0.05, 0) is 96.6 Å². The quantitative estimate of drug-likeness (QED) is 0.0839. The summed E-state index contributed by atoms with van der Waals surface area (Å²) >= 11 is 0. The third kappa shape index (κ3) is 8.48. The Morgan fingerprint density at radius 3 is 2.26 bits per heavy atom. The van der Waals surface area contributed by atoms with Gasteiger partial charge in [-0.1, -0.05) is 78.9 Å². The van der Waals surface area contributed by atoms with Gasteiger partial charge in [-0.25, -0.2) is 4.79 Å². The number of amides is 2. The first kappa shape index (κ1) is 35.2. The second-order valence-corrected chi connectivity index (χ2v) is 13.3. The second kappa shape index (κ2) is 16.4. The summed E-state index contributed by atoms with van der Waals surface area (Å²) in [5.41, 5.74) is 16.4. The summed E-state index contributed by atoms with van der Waals surface area (Å²) in [7, 11) is 0. The highest BCUT2D eigenvalue weighted by atomic mass is 16.5. The lowest BCUT2D eigenvalue weighted by molar-refractivity contribution is 0.102. The number of nitrogens with two attached hydrogens (primary N) is 1. The number of pyridine rings is 1. The van der Waals surface area contributed by atoms with Gasteiger partial charge in [0, 0.05) is 52.6 Å². The second-order valence-electron chi connectivity index (χ2n) is 13.3. The van der Waals surface area contributed by atoms with Gasteiger partial charge in [-0.15, -0.1) is 0 Å². The molecule has 0 spiro atoms. The fourth-order valence-electron chi connectivity index (χ4n) is 6.85. The zero-order valence-corrected chi connectivity index (χ0v) is 29.7. The highest BCUT2D eigenvalue weighted by molar-refractivity contribution is 6.06. The van der Waals surface area contributed by atoms with Crippen molar-refractivity contribution in [2.24, 2.45) is 0 Å². The number of carbonyl (C=O) groups excluding carboxylic acids is 2. The van der Waals surface area contributed by atoms with E-state index in [9.17, 15) is 9.59 Å². The predicted molar refractivity (Wildman–Crippen MR) is 210 cm³/mol. The van der Waals surface area contributed by atoms with E-state index in [1.807, 2.05) is 97.9 Å².